The van der Waals surface area contributed by atoms with Crippen molar-refractivity contribution in [1.29, 1.82) is 0 Å². The molecule has 2 aromatic rings. The van der Waals surface area contributed by atoms with Crippen LogP contribution in [0.15, 0.2) is 42.5 Å². The molecular weight excluding hydrogens is 382 g/mol. The third-order valence-corrected chi connectivity index (χ3v) is 5.22. The highest BCUT2D eigenvalue weighted by molar-refractivity contribution is 5.32. The Kier molecular flexibility index (Phi) is 5.64. The molecule has 0 bridgehead atoms. The molecule has 0 amide bonds. The number of alkyl halides is 5. The zero-order valence-electron chi connectivity index (χ0n) is 15.2. The van der Waals surface area contributed by atoms with Crippen LogP contribution in [0.1, 0.15) is 55.2 Å². The van der Waals surface area contributed by atoms with E-state index in [1.807, 2.05) is 0 Å². The molecule has 1 nitrogen and oxygen atoms in total. The summed E-state index contributed by atoms with van der Waals surface area (Å²) in [4.78, 5) is 0. The standard InChI is InChI=1S/C21H20F6O/c1-13-2-4-14(5-3-13)15-6-9-17(10-7-15)28-21(26,27)16-8-11-18(19(22)12-16)20(23,24)25/h6-14H,2-5H2,1H3. The highest BCUT2D eigenvalue weighted by Gasteiger charge is 2.39. The summed E-state index contributed by atoms with van der Waals surface area (Å²) in [6.07, 6.45) is -4.58. The number of rotatable bonds is 4. The van der Waals surface area contributed by atoms with E-state index in [-0.39, 0.29) is 17.9 Å². The van der Waals surface area contributed by atoms with Crippen LogP contribution in [0.25, 0.3) is 0 Å². The zero-order valence-corrected chi connectivity index (χ0v) is 15.2. The van der Waals surface area contributed by atoms with E-state index in [9.17, 15) is 26.3 Å². The summed E-state index contributed by atoms with van der Waals surface area (Å²) in [6, 6.07) is 7.21. The third-order valence-electron chi connectivity index (χ3n) is 5.22. The van der Waals surface area contributed by atoms with Crippen molar-refractivity contribution in [2.75, 3.05) is 0 Å². The van der Waals surface area contributed by atoms with Crippen LogP contribution in [-0.2, 0) is 12.3 Å². The lowest BCUT2D eigenvalue weighted by Crippen LogP contribution is -2.23. The van der Waals surface area contributed by atoms with Crippen LogP contribution in [0.5, 0.6) is 5.75 Å². The van der Waals surface area contributed by atoms with Crippen LogP contribution in [-0.4, -0.2) is 0 Å². The molecule has 0 aromatic heterocycles. The maximum Gasteiger partial charge on any atom is 0.426 e. The molecule has 0 saturated heterocycles. The third kappa shape index (κ3) is 4.62. The second-order valence-corrected chi connectivity index (χ2v) is 7.34. The van der Waals surface area contributed by atoms with Gasteiger partial charge in [0.15, 0.2) is 0 Å². The van der Waals surface area contributed by atoms with Gasteiger partial charge in [0.1, 0.15) is 11.6 Å². The average molecular weight is 402 g/mol. The van der Waals surface area contributed by atoms with E-state index < -0.39 is 29.2 Å². The lowest BCUT2D eigenvalue weighted by atomic mass is 9.79. The molecule has 1 aliphatic rings. The number of benzene rings is 2. The van der Waals surface area contributed by atoms with Crippen molar-refractivity contribution in [2.24, 2.45) is 5.92 Å². The lowest BCUT2D eigenvalue weighted by molar-refractivity contribution is -0.186. The summed E-state index contributed by atoms with van der Waals surface area (Å²) in [5.41, 5.74) is -1.54. The minimum absolute atomic E-state index is 0.141. The molecule has 3 rings (SSSR count). The van der Waals surface area contributed by atoms with E-state index in [4.69, 9.17) is 0 Å². The Balaban J connectivity index is 1.72. The van der Waals surface area contributed by atoms with E-state index in [1.54, 1.807) is 12.1 Å². The summed E-state index contributed by atoms with van der Waals surface area (Å²) in [5, 5.41) is 0. The molecule has 0 heterocycles. The minimum atomic E-state index is -4.95. The average Bonchev–Trinajstić information content (AvgIpc) is 2.62. The highest BCUT2D eigenvalue weighted by atomic mass is 19.4. The molecule has 7 heteroatoms. The molecule has 1 aliphatic carbocycles. The van der Waals surface area contributed by atoms with Gasteiger partial charge in [0.2, 0.25) is 0 Å². The first kappa shape index (κ1) is 20.6. The highest BCUT2D eigenvalue weighted by Crippen LogP contribution is 2.38. The fourth-order valence-electron chi connectivity index (χ4n) is 3.53. The topological polar surface area (TPSA) is 9.23 Å². The maximum atomic E-state index is 14.3. The summed E-state index contributed by atoms with van der Waals surface area (Å²) >= 11 is 0. The van der Waals surface area contributed by atoms with E-state index in [2.05, 4.69) is 11.7 Å². The molecule has 1 fully saturated rings. The molecule has 0 spiro atoms. The van der Waals surface area contributed by atoms with Crippen LogP contribution in [0.3, 0.4) is 0 Å². The summed E-state index contributed by atoms with van der Waals surface area (Å²) in [6.45, 7) is 2.21. The van der Waals surface area contributed by atoms with E-state index in [0.29, 0.717) is 17.9 Å². The first-order valence-corrected chi connectivity index (χ1v) is 9.10. The Hall–Kier alpha value is -2.18. The SMILES string of the molecule is CC1CCC(c2ccc(OC(F)(F)c3ccc(C(F)(F)F)c(F)c3)cc2)CC1. The van der Waals surface area contributed by atoms with Gasteiger partial charge in [0.25, 0.3) is 0 Å². The van der Waals surface area contributed by atoms with Crippen molar-refractivity contribution >= 4 is 0 Å². The van der Waals surface area contributed by atoms with Crippen LogP contribution < -0.4 is 4.74 Å². The molecule has 1 saturated carbocycles. The van der Waals surface area contributed by atoms with Crippen molar-refractivity contribution in [3.8, 4) is 5.75 Å². The summed E-state index contributed by atoms with van der Waals surface area (Å²) in [7, 11) is 0. The molecular formula is C21H20F6O. The van der Waals surface area contributed by atoms with Crippen LogP contribution >= 0.6 is 0 Å². The predicted octanol–water partition coefficient (Wildman–Crippen LogP) is 7.27. The maximum absolute atomic E-state index is 14.3. The van der Waals surface area contributed by atoms with Gasteiger partial charge in [-0.2, -0.15) is 22.0 Å². The van der Waals surface area contributed by atoms with Crippen LogP contribution in [0, 0.1) is 11.7 Å². The number of hydrogen-bond donors (Lipinski definition) is 0. The largest absolute Gasteiger partial charge is 0.429 e. The first-order valence-electron chi connectivity index (χ1n) is 9.10. The van der Waals surface area contributed by atoms with Gasteiger partial charge in [-0.1, -0.05) is 31.9 Å². The number of hydrogen-bond acceptors (Lipinski definition) is 1. The Labute approximate surface area is 159 Å². The molecule has 0 unspecified atom stereocenters. The minimum Gasteiger partial charge on any atom is -0.429 e. The molecule has 0 aliphatic heterocycles. The lowest BCUT2D eigenvalue weighted by Gasteiger charge is -2.26. The zero-order chi connectivity index (χ0) is 20.5. The molecule has 0 N–H and O–H groups in total. The van der Waals surface area contributed by atoms with Gasteiger partial charge in [-0.15, -0.1) is 0 Å². The Morgan fingerprint density at radius 2 is 1.46 bits per heavy atom. The van der Waals surface area contributed by atoms with Gasteiger partial charge in [0.05, 0.1) is 11.1 Å². The molecule has 2 aromatic carbocycles. The first-order chi connectivity index (χ1) is 13.1. The van der Waals surface area contributed by atoms with Gasteiger partial charge in [-0.3, -0.25) is 0 Å². The fraction of sp³-hybridized carbons (Fsp3) is 0.429. The quantitative estimate of drug-likeness (QED) is 0.489. The van der Waals surface area contributed by atoms with E-state index in [1.165, 1.54) is 12.1 Å². The molecule has 0 radical (unpaired) electrons. The molecule has 28 heavy (non-hydrogen) atoms. The molecule has 0 atom stereocenters. The van der Waals surface area contributed by atoms with Crippen molar-refractivity contribution in [3.05, 3.63) is 65.0 Å². The Morgan fingerprint density at radius 1 is 0.857 bits per heavy atom. The van der Waals surface area contributed by atoms with E-state index in [0.717, 1.165) is 31.2 Å². The Morgan fingerprint density at radius 3 is 2.00 bits per heavy atom. The fourth-order valence-corrected chi connectivity index (χ4v) is 3.53. The second-order valence-electron chi connectivity index (χ2n) is 7.34. The van der Waals surface area contributed by atoms with Gasteiger partial charge < -0.3 is 4.74 Å². The van der Waals surface area contributed by atoms with Gasteiger partial charge in [-0.25, -0.2) is 4.39 Å². The second kappa shape index (κ2) is 7.68. The summed E-state index contributed by atoms with van der Waals surface area (Å²) in [5.74, 6) is -0.829. The van der Waals surface area contributed by atoms with Crippen LogP contribution in [0.2, 0.25) is 0 Å². The van der Waals surface area contributed by atoms with Crippen molar-refractivity contribution in [3.63, 3.8) is 0 Å². The van der Waals surface area contributed by atoms with Gasteiger partial charge >= 0.3 is 12.3 Å². The number of ether oxygens (including phenoxy) is 1. The molecule has 152 valence electrons. The van der Waals surface area contributed by atoms with E-state index >= 15 is 0 Å². The van der Waals surface area contributed by atoms with Gasteiger partial charge in [0, 0.05) is 0 Å². The smallest absolute Gasteiger partial charge is 0.426 e. The normalized spacial score (nSPS) is 20.8. The van der Waals surface area contributed by atoms with Gasteiger partial charge in [-0.05, 0) is 60.6 Å². The van der Waals surface area contributed by atoms with Crippen LogP contribution in [0.4, 0.5) is 26.3 Å². The number of halogens is 6. The van der Waals surface area contributed by atoms with Crippen molar-refractivity contribution in [2.45, 2.75) is 50.8 Å². The van der Waals surface area contributed by atoms with Crippen molar-refractivity contribution in [1.82, 2.24) is 0 Å². The Bertz CT molecular complexity index is 805. The summed E-state index contributed by atoms with van der Waals surface area (Å²) < 4.78 is 84.5. The predicted molar refractivity (Wildman–Crippen MR) is 92.7 cm³/mol. The van der Waals surface area contributed by atoms with Crippen molar-refractivity contribution < 1.29 is 31.1 Å². The monoisotopic (exact) mass is 402 g/mol.